The van der Waals surface area contributed by atoms with E-state index in [4.69, 9.17) is 9.84 Å². The summed E-state index contributed by atoms with van der Waals surface area (Å²) in [6.45, 7) is 4.64. The van der Waals surface area contributed by atoms with Crippen molar-refractivity contribution < 1.29 is 14.6 Å². The SMILES string of the molecule is COC(C)Cn1c(SCC(=O)O)nc2c(C)cccc21. The summed E-state index contributed by atoms with van der Waals surface area (Å²) in [5, 5.41) is 9.56. The van der Waals surface area contributed by atoms with Crippen molar-refractivity contribution in [2.24, 2.45) is 0 Å². The van der Waals surface area contributed by atoms with Crippen LogP contribution in [0.25, 0.3) is 11.0 Å². The van der Waals surface area contributed by atoms with Gasteiger partial charge in [0.1, 0.15) is 0 Å². The van der Waals surface area contributed by atoms with E-state index in [1.165, 1.54) is 11.8 Å². The van der Waals surface area contributed by atoms with Gasteiger partial charge in [0.25, 0.3) is 0 Å². The number of fused-ring (bicyclic) bond motifs is 1. The average Bonchev–Trinajstić information content (AvgIpc) is 2.76. The summed E-state index contributed by atoms with van der Waals surface area (Å²) in [6.07, 6.45) is 0.0390. The zero-order chi connectivity index (χ0) is 14.7. The van der Waals surface area contributed by atoms with Gasteiger partial charge in [-0.2, -0.15) is 0 Å². The summed E-state index contributed by atoms with van der Waals surface area (Å²) in [7, 11) is 1.67. The number of carboxylic acid groups (broad SMARTS) is 1. The summed E-state index contributed by atoms with van der Waals surface area (Å²) in [5.41, 5.74) is 3.02. The van der Waals surface area contributed by atoms with Crippen molar-refractivity contribution in [3.63, 3.8) is 0 Å². The highest BCUT2D eigenvalue weighted by molar-refractivity contribution is 7.99. The number of para-hydroxylation sites is 1. The number of thioether (sulfide) groups is 1. The van der Waals surface area contributed by atoms with Gasteiger partial charge in [0, 0.05) is 7.11 Å². The van der Waals surface area contributed by atoms with Crippen LogP contribution in [-0.4, -0.2) is 39.6 Å². The van der Waals surface area contributed by atoms with Crippen molar-refractivity contribution >= 4 is 28.8 Å². The molecule has 0 radical (unpaired) electrons. The summed E-state index contributed by atoms with van der Waals surface area (Å²) >= 11 is 1.24. The quantitative estimate of drug-likeness (QED) is 0.829. The van der Waals surface area contributed by atoms with Crippen LogP contribution in [0.3, 0.4) is 0 Å². The Morgan fingerprint density at radius 2 is 2.30 bits per heavy atom. The maximum atomic E-state index is 10.8. The van der Waals surface area contributed by atoms with Crippen LogP contribution in [0.5, 0.6) is 0 Å². The number of nitrogens with zero attached hydrogens (tertiary/aromatic N) is 2. The molecule has 0 spiro atoms. The zero-order valence-corrected chi connectivity index (χ0v) is 12.6. The highest BCUT2D eigenvalue weighted by Crippen LogP contribution is 2.26. The first-order chi connectivity index (χ1) is 9.52. The average molecular weight is 294 g/mol. The maximum absolute atomic E-state index is 10.8. The topological polar surface area (TPSA) is 64.3 Å². The number of ether oxygens (including phenoxy) is 1. The van der Waals surface area contributed by atoms with E-state index in [0.29, 0.717) is 6.54 Å². The van der Waals surface area contributed by atoms with E-state index in [9.17, 15) is 4.79 Å². The number of aromatic nitrogens is 2. The van der Waals surface area contributed by atoms with Crippen LogP contribution in [0.2, 0.25) is 0 Å². The molecule has 6 heteroatoms. The summed E-state index contributed by atoms with van der Waals surface area (Å²) in [5.74, 6) is -0.839. The molecular weight excluding hydrogens is 276 g/mol. The highest BCUT2D eigenvalue weighted by Gasteiger charge is 2.15. The van der Waals surface area contributed by atoms with Gasteiger partial charge >= 0.3 is 5.97 Å². The van der Waals surface area contributed by atoms with E-state index in [0.717, 1.165) is 21.8 Å². The second-order valence-electron chi connectivity index (χ2n) is 4.68. The fourth-order valence-electron chi connectivity index (χ4n) is 2.01. The number of carboxylic acids is 1. The molecule has 2 aromatic rings. The number of carbonyl (C=O) groups is 1. The molecule has 20 heavy (non-hydrogen) atoms. The molecular formula is C14H18N2O3S. The Labute approximate surface area is 121 Å². The molecule has 0 aliphatic carbocycles. The molecule has 0 saturated carbocycles. The Bertz CT molecular complexity index is 624. The van der Waals surface area contributed by atoms with E-state index in [2.05, 4.69) is 4.98 Å². The van der Waals surface area contributed by atoms with E-state index in [1.54, 1.807) is 7.11 Å². The molecule has 2 rings (SSSR count). The molecule has 0 amide bonds. The molecule has 1 atom stereocenters. The third kappa shape index (κ3) is 3.13. The molecule has 0 saturated heterocycles. The summed E-state index contributed by atoms with van der Waals surface area (Å²) in [6, 6.07) is 5.99. The van der Waals surface area contributed by atoms with Gasteiger partial charge in [0.2, 0.25) is 0 Å². The number of imidazole rings is 1. The lowest BCUT2D eigenvalue weighted by atomic mass is 10.2. The van der Waals surface area contributed by atoms with Gasteiger partial charge in [0.05, 0.1) is 29.4 Å². The zero-order valence-electron chi connectivity index (χ0n) is 11.8. The number of aliphatic carboxylic acids is 1. The molecule has 1 N–H and O–H groups in total. The number of rotatable bonds is 6. The molecule has 1 aromatic carbocycles. The predicted octanol–water partition coefficient (Wildman–Crippen LogP) is 2.56. The Kier molecular flexibility index (Phi) is 4.67. The van der Waals surface area contributed by atoms with Gasteiger partial charge in [-0.15, -0.1) is 0 Å². The molecule has 1 heterocycles. The number of benzene rings is 1. The number of hydrogen-bond donors (Lipinski definition) is 1. The van der Waals surface area contributed by atoms with Crippen molar-refractivity contribution in [1.29, 1.82) is 0 Å². The standard InChI is InChI=1S/C14H18N2O3S/c1-9-5-4-6-11-13(9)15-14(20-8-12(17)18)16(11)7-10(2)19-3/h4-6,10H,7-8H2,1-3H3,(H,17,18). The minimum atomic E-state index is -0.842. The second-order valence-corrected chi connectivity index (χ2v) is 5.62. The normalized spacial score (nSPS) is 12.8. The van der Waals surface area contributed by atoms with Crippen molar-refractivity contribution in [1.82, 2.24) is 9.55 Å². The summed E-state index contributed by atoms with van der Waals surface area (Å²) in [4.78, 5) is 15.3. The van der Waals surface area contributed by atoms with Crippen LogP contribution in [-0.2, 0) is 16.1 Å². The molecule has 108 valence electrons. The van der Waals surface area contributed by atoms with Crippen molar-refractivity contribution in [3.05, 3.63) is 23.8 Å². The van der Waals surface area contributed by atoms with E-state index >= 15 is 0 Å². The fraction of sp³-hybridized carbons (Fsp3) is 0.429. The lowest BCUT2D eigenvalue weighted by Crippen LogP contribution is -2.15. The molecule has 1 aromatic heterocycles. The van der Waals surface area contributed by atoms with Gasteiger partial charge in [-0.1, -0.05) is 23.9 Å². The highest BCUT2D eigenvalue weighted by atomic mass is 32.2. The van der Waals surface area contributed by atoms with Crippen LogP contribution in [0.15, 0.2) is 23.4 Å². The van der Waals surface area contributed by atoms with Gasteiger partial charge in [0.15, 0.2) is 5.16 Å². The lowest BCUT2D eigenvalue weighted by Gasteiger charge is -2.13. The summed E-state index contributed by atoms with van der Waals surface area (Å²) < 4.78 is 7.34. The van der Waals surface area contributed by atoms with Gasteiger partial charge in [-0.3, -0.25) is 4.79 Å². The fourth-order valence-corrected chi connectivity index (χ4v) is 2.75. The van der Waals surface area contributed by atoms with Crippen LogP contribution < -0.4 is 0 Å². The molecule has 0 bridgehead atoms. The smallest absolute Gasteiger partial charge is 0.313 e. The van der Waals surface area contributed by atoms with Crippen LogP contribution in [0.1, 0.15) is 12.5 Å². The Hall–Kier alpha value is -1.53. The molecule has 0 aliphatic rings. The monoisotopic (exact) mass is 294 g/mol. The van der Waals surface area contributed by atoms with Crippen molar-refractivity contribution in [3.8, 4) is 0 Å². The lowest BCUT2D eigenvalue weighted by molar-refractivity contribution is -0.133. The molecule has 5 nitrogen and oxygen atoms in total. The Balaban J connectivity index is 2.45. The third-order valence-corrected chi connectivity index (χ3v) is 4.07. The van der Waals surface area contributed by atoms with Crippen LogP contribution >= 0.6 is 11.8 Å². The van der Waals surface area contributed by atoms with E-state index in [1.807, 2.05) is 36.6 Å². The van der Waals surface area contributed by atoms with E-state index < -0.39 is 5.97 Å². The largest absolute Gasteiger partial charge is 0.481 e. The maximum Gasteiger partial charge on any atom is 0.313 e. The van der Waals surface area contributed by atoms with E-state index in [-0.39, 0.29) is 11.9 Å². The minimum Gasteiger partial charge on any atom is -0.481 e. The first kappa shape index (κ1) is 14.9. The Morgan fingerprint density at radius 1 is 1.55 bits per heavy atom. The number of hydrogen-bond acceptors (Lipinski definition) is 4. The van der Waals surface area contributed by atoms with Gasteiger partial charge in [-0.25, -0.2) is 4.98 Å². The first-order valence-corrected chi connectivity index (χ1v) is 7.34. The number of methoxy groups -OCH3 is 1. The van der Waals surface area contributed by atoms with Crippen LogP contribution in [0, 0.1) is 6.92 Å². The second kappa shape index (κ2) is 6.28. The molecule has 0 fully saturated rings. The van der Waals surface area contributed by atoms with Crippen LogP contribution in [0.4, 0.5) is 0 Å². The molecule has 1 unspecified atom stereocenters. The first-order valence-electron chi connectivity index (χ1n) is 6.36. The van der Waals surface area contributed by atoms with Crippen molar-refractivity contribution in [2.45, 2.75) is 31.7 Å². The minimum absolute atomic E-state index is 0.00370. The predicted molar refractivity (Wildman–Crippen MR) is 79.3 cm³/mol. The Morgan fingerprint density at radius 3 is 2.95 bits per heavy atom. The van der Waals surface area contributed by atoms with Gasteiger partial charge < -0.3 is 14.4 Å². The third-order valence-electron chi connectivity index (χ3n) is 3.11. The molecule has 0 aliphatic heterocycles. The van der Waals surface area contributed by atoms with Gasteiger partial charge in [-0.05, 0) is 25.5 Å². The number of aryl methyl sites for hydroxylation is 1. The van der Waals surface area contributed by atoms with Crippen molar-refractivity contribution in [2.75, 3.05) is 12.9 Å².